The Morgan fingerprint density at radius 2 is 0.462 bits per heavy atom. The Bertz CT molecular complexity index is 2000. The van der Waals surface area contributed by atoms with Crippen molar-refractivity contribution in [2.75, 3.05) is 39.6 Å². The molecule has 7 atom stereocenters. The van der Waals surface area contributed by atoms with Crippen LogP contribution in [0.15, 0.2) is 0 Å². The van der Waals surface area contributed by atoms with Gasteiger partial charge in [-0.1, -0.05) is 401 Å². The monoisotopic (exact) mass is 1520 g/mol. The van der Waals surface area contributed by atoms with E-state index in [9.17, 15) is 43.2 Å². The van der Waals surface area contributed by atoms with Gasteiger partial charge in [0.1, 0.15) is 19.3 Å². The lowest BCUT2D eigenvalue weighted by atomic mass is 9.99. The van der Waals surface area contributed by atoms with Gasteiger partial charge in [0.05, 0.1) is 26.4 Å². The minimum atomic E-state index is -4.97. The minimum Gasteiger partial charge on any atom is -0.462 e. The molecule has 0 aromatic heterocycles. The van der Waals surface area contributed by atoms with E-state index in [1.807, 2.05) is 0 Å². The molecular weight excluding hydrogens is 1350 g/mol. The first-order valence-corrected chi connectivity index (χ1v) is 47.1. The molecule has 17 nitrogen and oxygen atoms in total. The Kier molecular flexibility index (Phi) is 75.0. The molecule has 0 aliphatic heterocycles. The molecule has 4 unspecified atom stereocenters. The van der Waals surface area contributed by atoms with Crippen molar-refractivity contribution in [3.05, 3.63) is 0 Å². The Hall–Kier alpha value is -1.94. The van der Waals surface area contributed by atoms with E-state index in [1.165, 1.54) is 270 Å². The summed E-state index contributed by atoms with van der Waals surface area (Å²) in [5, 5.41) is 10.7. The van der Waals surface area contributed by atoms with Gasteiger partial charge in [0.15, 0.2) is 12.2 Å². The smallest absolute Gasteiger partial charge is 0.462 e. The van der Waals surface area contributed by atoms with Crippen LogP contribution in [0.5, 0.6) is 0 Å². The van der Waals surface area contributed by atoms with Crippen LogP contribution in [0.4, 0.5) is 0 Å². The van der Waals surface area contributed by atoms with E-state index in [0.717, 1.165) is 102 Å². The first-order valence-electron chi connectivity index (χ1n) is 44.1. The molecule has 3 N–H and O–H groups in total. The summed E-state index contributed by atoms with van der Waals surface area (Å²) < 4.78 is 68.9. The Morgan fingerprint density at radius 3 is 0.683 bits per heavy atom. The average Bonchev–Trinajstić information content (AvgIpc) is 0.901. The van der Waals surface area contributed by atoms with Gasteiger partial charge in [-0.05, 0) is 37.5 Å². The number of aliphatic hydroxyl groups excluding tert-OH is 1. The molecule has 0 aliphatic carbocycles. The van der Waals surface area contributed by atoms with Gasteiger partial charge >= 0.3 is 39.5 Å². The molecule has 104 heavy (non-hydrogen) atoms. The molecule has 0 rings (SSSR count). The Morgan fingerprint density at radius 1 is 0.269 bits per heavy atom. The highest BCUT2D eigenvalue weighted by molar-refractivity contribution is 7.47. The van der Waals surface area contributed by atoms with Crippen LogP contribution in [-0.2, 0) is 65.4 Å². The zero-order valence-corrected chi connectivity index (χ0v) is 70.1. The lowest BCUT2D eigenvalue weighted by Crippen LogP contribution is -2.30. The summed E-state index contributed by atoms with van der Waals surface area (Å²) in [4.78, 5) is 73.2. The van der Waals surface area contributed by atoms with Crippen molar-refractivity contribution in [3.8, 4) is 0 Å². The van der Waals surface area contributed by atoms with E-state index in [-0.39, 0.29) is 25.7 Å². The summed E-state index contributed by atoms with van der Waals surface area (Å²) in [6.45, 7) is 9.74. The highest BCUT2D eigenvalue weighted by Gasteiger charge is 2.30. The van der Waals surface area contributed by atoms with Gasteiger partial charge in [0, 0.05) is 25.7 Å². The number of rotatable bonds is 84. The van der Waals surface area contributed by atoms with Crippen LogP contribution in [0.1, 0.15) is 452 Å². The second kappa shape index (κ2) is 76.4. The van der Waals surface area contributed by atoms with Crippen molar-refractivity contribution in [1.29, 1.82) is 0 Å². The third-order valence-electron chi connectivity index (χ3n) is 20.7. The van der Waals surface area contributed by atoms with Crippen LogP contribution in [0.2, 0.25) is 0 Å². The number of hydrogen-bond acceptors (Lipinski definition) is 15. The van der Waals surface area contributed by atoms with Crippen molar-refractivity contribution < 1.29 is 80.2 Å². The number of unbranched alkanes of at least 4 members (excludes halogenated alkanes) is 52. The largest absolute Gasteiger partial charge is 0.472 e. The molecule has 618 valence electrons. The van der Waals surface area contributed by atoms with Gasteiger partial charge in [0.25, 0.3) is 0 Å². The predicted octanol–water partition coefficient (Wildman–Crippen LogP) is 25.8. The zero-order valence-electron chi connectivity index (χ0n) is 68.3. The van der Waals surface area contributed by atoms with Crippen LogP contribution < -0.4 is 0 Å². The second-order valence-electron chi connectivity index (χ2n) is 31.1. The maximum Gasteiger partial charge on any atom is 0.472 e. The Balaban J connectivity index is 5.24. The Labute approximate surface area is 638 Å². The summed E-state index contributed by atoms with van der Waals surface area (Å²) in [7, 11) is -9.93. The summed E-state index contributed by atoms with van der Waals surface area (Å²) in [6.07, 6.45) is 67.8. The van der Waals surface area contributed by atoms with E-state index in [1.54, 1.807) is 0 Å². The number of carbonyl (C=O) groups is 4. The highest BCUT2D eigenvalue weighted by Crippen LogP contribution is 2.45. The highest BCUT2D eigenvalue weighted by atomic mass is 31.2. The fraction of sp³-hybridized carbons (Fsp3) is 0.953. The fourth-order valence-corrected chi connectivity index (χ4v) is 14.8. The lowest BCUT2D eigenvalue weighted by Gasteiger charge is -2.21. The first-order chi connectivity index (χ1) is 50.4. The lowest BCUT2D eigenvalue weighted by molar-refractivity contribution is -0.161. The summed E-state index contributed by atoms with van der Waals surface area (Å²) in [5.41, 5.74) is 0. The fourth-order valence-electron chi connectivity index (χ4n) is 13.2. The van der Waals surface area contributed by atoms with E-state index < -0.39 is 97.5 Å². The van der Waals surface area contributed by atoms with Crippen LogP contribution in [0.25, 0.3) is 0 Å². The normalized spacial score (nSPS) is 14.4. The summed E-state index contributed by atoms with van der Waals surface area (Å²) >= 11 is 0. The van der Waals surface area contributed by atoms with Crippen molar-refractivity contribution >= 4 is 39.5 Å². The van der Waals surface area contributed by atoms with Gasteiger partial charge in [-0.25, -0.2) is 9.13 Å². The van der Waals surface area contributed by atoms with E-state index >= 15 is 0 Å². The standard InChI is InChI=1S/C85H166O17P2/c1-7-11-13-15-17-19-21-23-25-31-35-38-42-49-55-61-67-82(87)95-73-80(101-85(90)70-64-58-52-44-40-36-32-29-27-26-28-30-33-37-41-47-53-59-65-77(5)9-3)75-99-103(91,92)97-71-79(86)72-98-104(93,94)100-76-81(74-96-83(88)68-62-56-50-46-45-48-54-60-66-78(6)10-4)102-84(89)69-63-57-51-43-39-34-24-22-20-18-16-14-12-8-2/h77-81,86H,7-76H2,1-6H3,(H,91,92)(H,93,94)/t77?,78?,79-,80-,81-/m1/s1. The molecule has 0 aliphatic rings. The van der Waals surface area contributed by atoms with Gasteiger partial charge < -0.3 is 33.8 Å². The second-order valence-corrected chi connectivity index (χ2v) is 34.0. The van der Waals surface area contributed by atoms with Crippen LogP contribution >= 0.6 is 15.6 Å². The van der Waals surface area contributed by atoms with Crippen molar-refractivity contribution in [1.82, 2.24) is 0 Å². The quantitative estimate of drug-likeness (QED) is 0.0222. The topological polar surface area (TPSA) is 237 Å². The van der Waals surface area contributed by atoms with Gasteiger partial charge in [-0.2, -0.15) is 0 Å². The molecule has 0 bridgehead atoms. The molecule has 0 fully saturated rings. The molecule has 0 saturated carbocycles. The van der Waals surface area contributed by atoms with Crippen molar-refractivity contribution in [2.45, 2.75) is 471 Å². The van der Waals surface area contributed by atoms with Crippen molar-refractivity contribution in [3.63, 3.8) is 0 Å². The van der Waals surface area contributed by atoms with E-state index in [2.05, 4.69) is 41.5 Å². The number of phosphoric ester groups is 2. The third kappa shape index (κ3) is 75.5. The number of phosphoric acid groups is 2. The average molecular weight is 1520 g/mol. The third-order valence-corrected chi connectivity index (χ3v) is 22.6. The summed E-state index contributed by atoms with van der Waals surface area (Å²) in [5.74, 6) is -0.453. The molecule has 0 aromatic carbocycles. The number of ether oxygens (including phenoxy) is 4. The maximum atomic E-state index is 13.1. The number of aliphatic hydroxyl groups is 1. The zero-order chi connectivity index (χ0) is 76.4. The first kappa shape index (κ1) is 102. The van der Waals surface area contributed by atoms with Crippen LogP contribution in [0.3, 0.4) is 0 Å². The molecule has 0 heterocycles. The number of hydrogen-bond donors (Lipinski definition) is 3. The predicted molar refractivity (Wildman–Crippen MR) is 428 cm³/mol. The molecule has 0 radical (unpaired) electrons. The van der Waals surface area contributed by atoms with E-state index in [4.69, 9.17) is 37.0 Å². The van der Waals surface area contributed by atoms with Gasteiger partial charge in [-0.3, -0.25) is 37.3 Å². The molecule has 0 spiro atoms. The maximum absolute atomic E-state index is 13.1. The van der Waals surface area contributed by atoms with Gasteiger partial charge in [0.2, 0.25) is 0 Å². The van der Waals surface area contributed by atoms with Gasteiger partial charge in [-0.15, -0.1) is 0 Å². The molecular formula is C85H166O17P2. The van der Waals surface area contributed by atoms with Crippen LogP contribution in [0, 0.1) is 11.8 Å². The minimum absolute atomic E-state index is 0.108. The molecule has 0 saturated heterocycles. The molecule has 0 aromatic rings. The van der Waals surface area contributed by atoms with Crippen molar-refractivity contribution in [2.24, 2.45) is 11.8 Å². The number of carbonyl (C=O) groups excluding carboxylic acids is 4. The molecule has 19 heteroatoms. The van der Waals surface area contributed by atoms with Crippen LogP contribution in [-0.4, -0.2) is 96.7 Å². The number of esters is 4. The summed E-state index contributed by atoms with van der Waals surface area (Å²) in [6, 6.07) is 0. The molecule has 0 amide bonds. The SMILES string of the molecule is CCCCCCCCCCCCCCCCCCC(=O)OC[C@H](COP(=O)(O)OC[C@@H](O)COP(=O)(O)OC[C@@H](COC(=O)CCCCCCCCCCC(C)CC)OC(=O)CCCCCCCCCCCCCCCC)OC(=O)CCCCCCCCCCCCCCCCCCCCC(C)CC. The van der Waals surface area contributed by atoms with E-state index in [0.29, 0.717) is 25.7 Å².